The van der Waals surface area contributed by atoms with E-state index in [1.165, 1.54) is 0 Å². The highest BCUT2D eigenvalue weighted by molar-refractivity contribution is 5.88. The summed E-state index contributed by atoms with van der Waals surface area (Å²) >= 11 is 0. The molecule has 0 fully saturated rings. The molecule has 0 aliphatic rings. The van der Waals surface area contributed by atoms with Gasteiger partial charge in [0, 0.05) is 17.8 Å². The van der Waals surface area contributed by atoms with E-state index in [0.29, 0.717) is 24.3 Å². The Morgan fingerprint density at radius 1 is 0.857 bits per heavy atom. The predicted molar refractivity (Wildman–Crippen MR) is 62.9 cm³/mol. The standard InChI is InChI=1S/C13H6F5NO2/c14-7-3-6(4-8(15)11(7)18)19-12-9(16)1-5(13(20)21)2-10(12)17/h1-4,19H,(H,20,21). The van der Waals surface area contributed by atoms with E-state index in [1.807, 2.05) is 5.32 Å². The Kier molecular flexibility index (Phi) is 3.79. The van der Waals surface area contributed by atoms with Crippen LogP contribution in [0.3, 0.4) is 0 Å². The summed E-state index contributed by atoms with van der Waals surface area (Å²) in [4.78, 5) is 10.6. The lowest BCUT2D eigenvalue weighted by atomic mass is 10.1. The lowest BCUT2D eigenvalue weighted by Gasteiger charge is -2.10. The van der Waals surface area contributed by atoms with Crippen LogP contribution < -0.4 is 5.32 Å². The molecule has 0 saturated heterocycles. The normalized spacial score (nSPS) is 10.5. The average molecular weight is 303 g/mol. The fraction of sp³-hybridized carbons (Fsp3) is 0. The Balaban J connectivity index is 2.43. The van der Waals surface area contributed by atoms with Crippen molar-refractivity contribution < 1.29 is 31.9 Å². The first-order valence-electron chi connectivity index (χ1n) is 5.43. The van der Waals surface area contributed by atoms with Gasteiger partial charge in [-0.1, -0.05) is 0 Å². The van der Waals surface area contributed by atoms with Crippen LogP contribution >= 0.6 is 0 Å². The van der Waals surface area contributed by atoms with E-state index in [-0.39, 0.29) is 0 Å². The number of nitrogens with one attached hydrogen (secondary N) is 1. The second-order valence-corrected chi connectivity index (χ2v) is 4.00. The zero-order valence-electron chi connectivity index (χ0n) is 10.1. The van der Waals surface area contributed by atoms with Crippen molar-refractivity contribution in [3.63, 3.8) is 0 Å². The van der Waals surface area contributed by atoms with Crippen LogP contribution in [0, 0.1) is 29.1 Å². The summed E-state index contributed by atoms with van der Waals surface area (Å²) in [5.74, 6) is -8.91. The fourth-order valence-electron chi connectivity index (χ4n) is 1.59. The van der Waals surface area contributed by atoms with Crippen molar-refractivity contribution in [3.8, 4) is 0 Å². The number of halogens is 5. The predicted octanol–water partition coefficient (Wildman–Crippen LogP) is 3.82. The molecule has 0 aliphatic heterocycles. The Labute approximate surface area is 114 Å². The molecule has 0 aliphatic carbocycles. The maximum atomic E-state index is 13.6. The second-order valence-electron chi connectivity index (χ2n) is 4.00. The van der Waals surface area contributed by atoms with Gasteiger partial charge in [-0.25, -0.2) is 26.7 Å². The van der Waals surface area contributed by atoms with Crippen LogP contribution in [0.1, 0.15) is 10.4 Å². The number of rotatable bonds is 3. The summed E-state index contributed by atoms with van der Waals surface area (Å²) in [5.41, 5.74) is -1.88. The molecule has 3 nitrogen and oxygen atoms in total. The molecule has 8 heteroatoms. The molecule has 2 rings (SSSR count). The van der Waals surface area contributed by atoms with Crippen molar-refractivity contribution in [2.24, 2.45) is 0 Å². The molecule has 0 unspecified atom stereocenters. The molecule has 2 aromatic carbocycles. The van der Waals surface area contributed by atoms with Crippen molar-refractivity contribution >= 4 is 17.3 Å². The van der Waals surface area contributed by atoms with E-state index >= 15 is 0 Å². The minimum Gasteiger partial charge on any atom is -0.478 e. The highest BCUT2D eigenvalue weighted by Crippen LogP contribution is 2.26. The smallest absolute Gasteiger partial charge is 0.335 e. The molecule has 2 aromatic rings. The fourth-order valence-corrected chi connectivity index (χ4v) is 1.59. The summed E-state index contributed by atoms with van der Waals surface area (Å²) in [6, 6.07) is 2.07. The van der Waals surface area contributed by atoms with Crippen LogP contribution in [0.15, 0.2) is 24.3 Å². The zero-order chi connectivity index (χ0) is 15.7. The molecule has 0 bridgehead atoms. The SMILES string of the molecule is O=C(O)c1cc(F)c(Nc2cc(F)c(F)c(F)c2)c(F)c1. The van der Waals surface area contributed by atoms with Gasteiger partial charge in [0.15, 0.2) is 29.1 Å². The van der Waals surface area contributed by atoms with Gasteiger partial charge in [0.1, 0.15) is 5.69 Å². The molecule has 0 atom stereocenters. The van der Waals surface area contributed by atoms with Crippen molar-refractivity contribution in [1.29, 1.82) is 0 Å². The Bertz CT molecular complexity index is 686. The van der Waals surface area contributed by atoms with E-state index in [4.69, 9.17) is 5.11 Å². The summed E-state index contributed by atoms with van der Waals surface area (Å²) in [6.07, 6.45) is 0. The van der Waals surface area contributed by atoms with E-state index in [2.05, 4.69) is 0 Å². The molecule has 21 heavy (non-hydrogen) atoms. The third-order valence-corrected chi connectivity index (χ3v) is 2.54. The Morgan fingerprint density at radius 2 is 1.33 bits per heavy atom. The molecular formula is C13H6F5NO2. The van der Waals surface area contributed by atoms with Gasteiger partial charge in [-0.15, -0.1) is 0 Å². The third kappa shape index (κ3) is 2.93. The maximum Gasteiger partial charge on any atom is 0.335 e. The molecular weight excluding hydrogens is 297 g/mol. The molecule has 0 aromatic heterocycles. The Hall–Kier alpha value is -2.64. The Morgan fingerprint density at radius 3 is 1.76 bits per heavy atom. The quantitative estimate of drug-likeness (QED) is 0.669. The number of carbonyl (C=O) groups is 1. The maximum absolute atomic E-state index is 13.6. The highest BCUT2D eigenvalue weighted by Gasteiger charge is 2.17. The summed E-state index contributed by atoms with van der Waals surface area (Å²) in [5, 5.41) is 10.6. The molecule has 0 saturated carbocycles. The number of carboxylic acid groups (broad SMARTS) is 1. The molecule has 110 valence electrons. The molecule has 0 heterocycles. The van der Waals surface area contributed by atoms with Gasteiger partial charge in [0.25, 0.3) is 0 Å². The molecule has 0 radical (unpaired) electrons. The van der Waals surface area contributed by atoms with Gasteiger partial charge in [0.2, 0.25) is 0 Å². The van der Waals surface area contributed by atoms with Gasteiger partial charge in [-0.05, 0) is 12.1 Å². The second kappa shape index (κ2) is 5.39. The first kappa shape index (κ1) is 14.8. The summed E-state index contributed by atoms with van der Waals surface area (Å²) < 4.78 is 66.0. The van der Waals surface area contributed by atoms with Gasteiger partial charge in [0.05, 0.1) is 5.56 Å². The van der Waals surface area contributed by atoms with Gasteiger partial charge < -0.3 is 10.4 Å². The first-order chi connectivity index (χ1) is 9.79. The van der Waals surface area contributed by atoms with Crippen LogP contribution in [0.5, 0.6) is 0 Å². The van der Waals surface area contributed by atoms with E-state index < -0.39 is 52.0 Å². The van der Waals surface area contributed by atoms with E-state index in [0.717, 1.165) is 0 Å². The van der Waals surface area contributed by atoms with E-state index in [9.17, 15) is 26.7 Å². The molecule has 0 amide bonds. The minimum atomic E-state index is -1.72. The van der Waals surface area contributed by atoms with Crippen LogP contribution in [0.4, 0.5) is 33.3 Å². The summed E-state index contributed by atoms with van der Waals surface area (Å²) in [6.45, 7) is 0. The van der Waals surface area contributed by atoms with Gasteiger partial charge in [-0.2, -0.15) is 0 Å². The zero-order valence-corrected chi connectivity index (χ0v) is 10.1. The van der Waals surface area contributed by atoms with Crippen LogP contribution in [0.2, 0.25) is 0 Å². The third-order valence-electron chi connectivity index (χ3n) is 2.54. The van der Waals surface area contributed by atoms with Gasteiger partial charge in [-0.3, -0.25) is 0 Å². The first-order valence-corrected chi connectivity index (χ1v) is 5.43. The monoisotopic (exact) mass is 303 g/mol. The van der Waals surface area contributed by atoms with Gasteiger partial charge >= 0.3 is 5.97 Å². The minimum absolute atomic E-state index is 0.438. The van der Waals surface area contributed by atoms with Crippen molar-refractivity contribution in [1.82, 2.24) is 0 Å². The average Bonchev–Trinajstić information content (AvgIpc) is 2.39. The lowest BCUT2D eigenvalue weighted by Crippen LogP contribution is -2.04. The number of hydrogen-bond donors (Lipinski definition) is 2. The number of carboxylic acids is 1. The highest BCUT2D eigenvalue weighted by atomic mass is 19.2. The molecule has 2 N–H and O–H groups in total. The van der Waals surface area contributed by atoms with Crippen molar-refractivity contribution in [2.75, 3.05) is 5.32 Å². The lowest BCUT2D eigenvalue weighted by molar-refractivity contribution is 0.0696. The number of benzene rings is 2. The molecule has 0 spiro atoms. The van der Waals surface area contributed by atoms with Crippen molar-refractivity contribution in [3.05, 3.63) is 58.9 Å². The number of hydrogen-bond acceptors (Lipinski definition) is 2. The largest absolute Gasteiger partial charge is 0.478 e. The van der Waals surface area contributed by atoms with E-state index in [1.54, 1.807) is 0 Å². The van der Waals surface area contributed by atoms with Crippen LogP contribution in [-0.2, 0) is 0 Å². The number of anilines is 2. The van der Waals surface area contributed by atoms with Crippen molar-refractivity contribution in [2.45, 2.75) is 0 Å². The number of aromatic carboxylic acids is 1. The summed E-state index contributed by atoms with van der Waals surface area (Å²) in [7, 11) is 0. The van der Waals surface area contributed by atoms with Crippen LogP contribution in [-0.4, -0.2) is 11.1 Å². The topological polar surface area (TPSA) is 49.3 Å². The van der Waals surface area contributed by atoms with Crippen LogP contribution in [0.25, 0.3) is 0 Å².